The van der Waals surface area contributed by atoms with Crippen molar-refractivity contribution in [2.45, 2.75) is 108 Å². The van der Waals surface area contributed by atoms with Gasteiger partial charge in [-0.05, 0) is 126 Å². The second-order valence-corrected chi connectivity index (χ2v) is 23.4. The number of nitrogens with zero attached hydrogens (tertiary/aromatic N) is 2. The second kappa shape index (κ2) is 22.3. The monoisotopic (exact) mass is 1050 g/mol. The summed E-state index contributed by atoms with van der Waals surface area (Å²) in [4.78, 5) is 57.4. The molecule has 0 fully saturated rings. The minimum atomic E-state index is -4.32. The molecule has 0 saturated heterocycles. The van der Waals surface area contributed by atoms with Gasteiger partial charge in [0.15, 0.2) is 16.7 Å². The second-order valence-electron chi connectivity index (χ2n) is 18.8. The molecule has 384 valence electrons. The van der Waals surface area contributed by atoms with Crippen molar-refractivity contribution in [3.63, 3.8) is 0 Å². The highest BCUT2D eigenvalue weighted by molar-refractivity contribution is 8.76. The lowest BCUT2D eigenvalue weighted by atomic mass is 9.96. The predicted molar refractivity (Wildman–Crippen MR) is 283 cm³/mol. The van der Waals surface area contributed by atoms with Crippen LogP contribution in [0.2, 0.25) is 0 Å². The first-order valence-electron chi connectivity index (χ1n) is 24.5. The van der Waals surface area contributed by atoms with Crippen molar-refractivity contribution in [1.82, 2.24) is 0 Å². The Bertz CT molecular complexity index is 3060. The van der Waals surface area contributed by atoms with Gasteiger partial charge in [0.1, 0.15) is 24.7 Å². The number of ether oxygens (including phenoxy) is 3. The molecular weight excluding hydrogens is 991 g/mol. The van der Waals surface area contributed by atoms with Crippen LogP contribution < -0.4 is 29.3 Å². The number of amides is 3. The van der Waals surface area contributed by atoms with Gasteiger partial charge in [-0.15, -0.1) is 0 Å². The number of methoxy groups -OCH3 is 1. The molecule has 0 radical (unpaired) electrons. The van der Waals surface area contributed by atoms with E-state index in [-0.39, 0.29) is 55.8 Å². The van der Waals surface area contributed by atoms with Crippen LogP contribution in [0.5, 0.6) is 17.2 Å². The number of hydrogen-bond acceptors (Lipinski definition) is 14. The third-order valence-corrected chi connectivity index (χ3v) is 18.2. The number of ketones is 1. The molecule has 15 nitrogen and oxygen atoms in total. The van der Waals surface area contributed by atoms with Crippen molar-refractivity contribution in [3.8, 4) is 17.2 Å². The normalized spacial score (nSPS) is 19.1. The number of anilines is 3. The molecule has 3 amide bonds. The summed E-state index contributed by atoms with van der Waals surface area (Å²) in [5, 5.41) is 24.2. The summed E-state index contributed by atoms with van der Waals surface area (Å²) in [7, 11) is 1.11. The summed E-state index contributed by atoms with van der Waals surface area (Å²) in [6.07, 6.45) is 1.49. The smallest absolute Gasteiger partial charge is 0.279 e. The predicted octanol–water partition coefficient (Wildman–Crippen LogP) is 7.95. The molecule has 4 aliphatic heterocycles. The zero-order chi connectivity index (χ0) is 51.6. The van der Waals surface area contributed by atoms with E-state index in [1.807, 2.05) is 68.4 Å². The third-order valence-electron chi connectivity index (χ3n) is 14.1. The fraction of sp³-hybridized carbons (Fsp3) is 0.382. The molecule has 0 bridgehead atoms. The molecule has 5 aromatic rings. The number of nitrogens with one attached hydrogen (secondary N) is 1. The van der Waals surface area contributed by atoms with Crippen molar-refractivity contribution in [2.75, 3.05) is 40.8 Å². The van der Waals surface area contributed by atoms with E-state index in [2.05, 4.69) is 5.32 Å². The van der Waals surface area contributed by atoms with Crippen LogP contribution in [0.15, 0.2) is 91.0 Å². The quantitative estimate of drug-likeness (QED) is 0.0386. The Hall–Kier alpha value is -5.89. The van der Waals surface area contributed by atoms with Gasteiger partial charge in [0.25, 0.3) is 21.9 Å². The van der Waals surface area contributed by atoms with Gasteiger partial charge in [-0.25, -0.2) is 0 Å². The first kappa shape index (κ1) is 52.0. The lowest BCUT2D eigenvalue weighted by Gasteiger charge is -2.26. The van der Waals surface area contributed by atoms with Gasteiger partial charge in [-0.1, -0.05) is 64.9 Å². The van der Waals surface area contributed by atoms with Crippen LogP contribution >= 0.6 is 21.6 Å². The van der Waals surface area contributed by atoms with Gasteiger partial charge in [-0.3, -0.25) is 23.4 Å². The Labute approximate surface area is 433 Å². The average molecular weight is 1050 g/mol. The Balaban J connectivity index is 0.972. The number of aryl methyl sites for hydroxylation is 1. The van der Waals surface area contributed by atoms with Crippen molar-refractivity contribution in [3.05, 3.63) is 141 Å². The van der Waals surface area contributed by atoms with Crippen LogP contribution in [-0.2, 0) is 62.8 Å². The number of aliphatic hydroxyl groups is 2. The summed E-state index contributed by atoms with van der Waals surface area (Å²) >= 11 is 0. The molecule has 9 rings (SSSR count). The van der Waals surface area contributed by atoms with Crippen LogP contribution in [-0.4, -0.2) is 97.4 Å². The number of carbonyl (C=O) groups excluding carboxylic acids is 4. The van der Waals surface area contributed by atoms with Crippen LogP contribution in [0.25, 0.3) is 0 Å². The van der Waals surface area contributed by atoms with Gasteiger partial charge in [-0.2, -0.15) is 8.42 Å². The van der Waals surface area contributed by atoms with E-state index in [0.29, 0.717) is 99.8 Å². The van der Waals surface area contributed by atoms with E-state index in [1.165, 1.54) is 28.7 Å². The molecule has 73 heavy (non-hydrogen) atoms. The van der Waals surface area contributed by atoms with Gasteiger partial charge in [0.05, 0.1) is 38.5 Å². The Morgan fingerprint density at radius 3 is 1.84 bits per heavy atom. The maximum Gasteiger partial charge on any atom is 0.279 e. The van der Waals surface area contributed by atoms with Crippen molar-refractivity contribution < 1.29 is 56.2 Å². The van der Waals surface area contributed by atoms with E-state index in [9.17, 15) is 37.8 Å². The van der Waals surface area contributed by atoms with Gasteiger partial charge in [0, 0.05) is 65.4 Å². The van der Waals surface area contributed by atoms with E-state index < -0.39 is 45.6 Å². The zero-order valence-electron chi connectivity index (χ0n) is 41.1. The fourth-order valence-corrected chi connectivity index (χ4v) is 13.6. The van der Waals surface area contributed by atoms with Gasteiger partial charge in [0.2, 0.25) is 5.91 Å². The molecule has 3 unspecified atom stereocenters. The molecule has 3 N–H and O–H groups in total. The summed E-state index contributed by atoms with van der Waals surface area (Å²) in [5.74, 6) is 1.09. The van der Waals surface area contributed by atoms with Gasteiger partial charge >= 0.3 is 0 Å². The summed E-state index contributed by atoms with van der Waals surface area (Å²) in [5.41, 5.74) is 7.82. The minimum Gasteiger partial charge on any atom is -0.493 e. The van der Waals surface area contributed by atoms with Crippen LogP contribution in [0, 0.1) is 6.92 Å². The van der Waals surface area contributed by atoms with E-state index in [1.54, 1.807) is 46.2 Å². The number of carbonyl (C=O) groups is 4. The van der Waals surface area contributed by atoms with E-state index in [4.69, 9.17) is 18.4 Å². The summed E-state index contributed by atoms with van der Waals surface area (Å²) in [6, 6.07) is 26.6. The van der Waals surface area contributed by atoms with Crippen molar-refractivity contribution >= 4 is 72.3 Å². The first-order chi connectivity index (χ1) is 35.2. The highest BCUT2D eigenvalue weighted by atomic mass is 33.1. The number of para-hydroxylation sites is 2. The fourth-order valence-electron chi connectivity index (χ4n) is 10.3. The van der Waals surface area contributed by atoms with E-state index >= 15 is 0 Å². The summed E-state index contributed by atoms with van der Waals surface area (Å²) < 4.78 is 50.0. The number of aliphatic hydroxyl groups excluding tert-OH is 2. The highest BCUT2D eigenvalue weighted by Crippen LogP contribution is 2.42. The van der Waals surface area contributed by atoms with Gasteiger partial charge < -0.3 is 39.5 Å². The summed E-state index contributed by atoms with van der Waals surface area (Å²) in [6.45, 7) is 3.59. The standard InChI is InChI=1S/C55H59N3O12S3/c1-5-40(59)13-10-17-71-72-18-16-52(73(65,66)68-4)53(62)56-39-21-33(30-69-49-27-37-25-47(60)45-23-35-11-6-8-14-43(35)57(45)54(63)41(37)19-32(49)2)20-34(22-39)31-70-51-28-38-26-48(61)46-24-36-12-7-9-15-44(36)58(46)55(64)42(38)29-50(51)67-3/h6-9,11-12,14-15,19-22,27-29,45-48,52,60-61H,5,10,13,16-18,23-26,30-31H2,1-4H3,(H,56,62)/t45-,46-,47?,48?,52?/m0/s1. The lowest BCUT2D eigenvalue weighted by Crippen LogP contribution is -2.43. The first-order valence-corrected chi connectivity index (χ1v) is 28.4. The number of fused-ring (bicyclic) bond motifs is 8. The molecule has 0 saturated carbocycles. The average Bonchev–Trinajstić information content (AvgIpc) is 3.93. The van der Waals surface area contributed by atoms with E-state index in [0.717, 1.165) is 29.6 Å². The molecule has 18 heteroatoms. The molecule has 4 heterocycles. The Morgan fingerprint density at radius 2 is 1.26 bits per heavy atom. The number of Topliss-reactive ketones (excluding diaryl/α,β-unsaturated/α-hetero) is 1. The van der Waals surface area contributed by atoms with Crippen molar-refractivity contribution in [2.24, 2.45) is 0 Å². The molecule has 0 aliphatic carbocycles. The number of hydrogen-bond donors (Lipinski definition) is 3. The van der Waals surface area contributed by atoms with Crippen molar-refractivity contribution in [1.29, 1.82) is 0 Å². The Morgan fingerprint density at radius 1 is 0.712 bits per heavy atom. The number of rotatable bonds is 20. The van der Waals surface area contributed by atoms with Crippen LogP contribution in [0.3, 0.4) is 0 Å². The zero-order valence-corrected chi connectivity index (χ0v) is 43.6. The molecule has 4 aliphatic rings. The maximum absolute atomic E-state index is 14.2. The van der Waals surface area contributed by atoms with Crippen LogP contribution in [0.4, 0.5) is 17.1 Å². The maximum atomic E-state index is 14.2. The minimum absolute atomic E-state index is 0.0184. The third kappa shape index (κ3) is 11.0. The Kier molecular flexibility index (Phi) is 15.9. The topological polar surface area (TPSA) is 198 Å². The number of benzene rings is 5. The molecule has 5 aromatic carbocycles. The molecule has 0 spiro atoms. The largest absolute Gasteiger partial charge is 0.493 e. The molecule has 0 aromatic heterocycles. The van der Waals surface area contributed by atoms with Crippen LogP contribution in [0.1, 0.15) is 92.3 Å². The molecular formula is C55H59N3O12S3. The SMILES string of the molecule is CCC(=O)CCCSSCCC(C(=O)Nc1cc(COc2cc3c(cc2C)C(=O)N2c4ccccc4C[C@H]2C(O)C3)cc(COc2cc3c(cc2OC)C(=O)N2c4ccccc4C[C@H]2C(O)C3)c1)S(=O)(=O)OC. The highest BCUT2D eigenvalue weighted by Gasteiger charge is 2.44. The lowest BCUT2D eigenvalue weighted by molar-refractivity contribution is -0.119. The molecule has 5 atom stereocenters.